The summed E-state index contributed by atoms with van der Waals surface area (Å²) < 4.78 is 6.81. The summed E-state index contributed by atoms with van der Waals surface area (Å²) in [5.41, 5.74) is 4.08. The number of hydrogen-bond acceptors (Lipinski definition) is 5. The molecule has 2 aliphatic heterocycles. The molecule has 0 aliphatic carbocycles. The van der Waals surface area contributed by atoms with E-state index in [1.165, 1.54) is 19.6 Å². The number of ether oxygens (including phenoxy) is 1. The fourth-order valence-electron chi connectivity index (χ4n) is 4.68. The number of benzene rings is 1. The molecule has 0 fully saturated rings. The van der Waals surface area contributed by atoms with Crippen molar-refractivity contribution in [1.29, 1.82) is 0 Å². The summed E-state index contributed by atoms with van der Waals surface area (Å²) in [6.07, 6.45) is 3.75. The number of fused-ring (bicyclic) bond motifs is 2. The average Bonchev–Trinajstić information content (AvgIpc) is 3.15. The van der Waals surface area contributed by atoms with E-state index < -0.39 is 5.97 Å². The highest BCUT2D eigenvalue weighted by Gasteiger charge is 2.31. The molecule has 8 nitrogen and oxygen atoms in total. The Balaban J connectivity index is 1.50. The highest BCUT2D eigenvalue weighted by Crippen LogP contribution is 2.32. The number of amides is 2. The number of hydrogen-bond donors (Lipinski definition) is 1. The highest BCUT2D eigenvalue weighted by molar-refractivity contribution is 5.92. The first-order valence-electron chi connectivity index (χ1n) is 10.8. The Morgan fingerprint density at radius 3 is 2.74 bits per heavy atom. The maximum absolute atomic E-state index is 12.9. The second kappa shape index (κ2) is 8.91. The van der Waals surface area contributed by atoms with Gasteiger partial charge < -0.3 is 15.0 Å². The Hall–Kier alpha value is -3.16. The highest BCUT2D eigenvalue weighted by atomic mass is 16.5. The molecular formula is C23H28N4O4. The maximum Gasteiger partial charge on any atom is 0.341 e. The quantitative estimate of drug-likeness (QED) is 0.743. The van der Waals surface area contributed by atoms with Gasteiger partial charge in [-0.1, -0.05) is 24.3 Å². The molecule has 1 N–H and O–H groups in total. The fraction of sp³-hybridized carbons (Fsp3) is 0.478. The maximum atomic E-state index is 12.9. The average molecular weight is 425 g/mol. The Bertz CT molecular complexity index is 1010. The van der Waals surface area contributed by atoms with Gasteiger partial charge in [-0.3, -0.25) is 14.3 Å². The zero-order valence-corrected chi connectivity index (χ0v) is 18.0. The molecule has 0 radical (unpaired) electrons. The summed E-state index contributed by atoms with van der Waals surface area (Å²) in [5.74, 6) is -0.645. The lowest BCUT2D eigenvalue weighted by molar-refractivity contribution is -0.133. The lowest BCUT2D eigenvalue weighted by Gasteiger charge is -2.36. The van der Waals surface area contributed by atoms with E-state index in [0.717, 1.165) is 43.5 Å². The van der Waals surface area contributed by atoms with E-state index in [0.29, 0.717) is 17.8 Å². The van der Waals surface area contributed by atoms with Gasteiger partial charge in [-0.15, -0.1) is 0 Å². The van der Waals surface area contributed by atoms with E-state index >= 15 is 0 Å². The van der Waals surface area contributed by atoms with Gasteiger partial charge in [-0.25, -0.2) is 4.79 Å². The van der Waals surface area contributed by atoms with Crippen LogP contribution in [0.3, 0.4) is 0 Å². The van der Waals surface area contributed by atoms with Gasteiger partial charge in [0.25, 0.3) is 0 Å². The largest absolute Gasteiger partial charge is 0.465 e. The van der Waals surface area contributed by atoms with Crippen molar-refractivity contribution in [2.24, 2.45) is 0 Å². The van der Waals surface area contributed by atoms with Crippen molar-refractivity contribution in [2.45, 2.75) is 58.2 Å². The minimum atomic E-state index is -0.420. The normalized spacial score (nSPS) is 17.5. The van der Waals surface area contributed by atoms with Crippen molar-refractivity contribution < 1.29 is 19.1 Å². The monoisotopic (exact) mass is 424 g/mol. The predicted molar refractivity (Wildman–Crippen MR) is 113 cm³/mol. The standard InChI is InChI=1S/C23H28N4O4/c1-15(28)26-12-10-16-7-3-4-8-17(16)20(26)13-21(29)24-14-18-22(23(30)31-2)19-9-5-6-11-27(19)25-18/h3-4,7-8,20H,5-6,9-14H2,1-2H3,(H,24,29). The Morgan fingerprint density at radius 2 is 1.97 bits per heavy atom. The van der Waals surface area contributed by atoms with Crippen LogP contribution in [0.1, 0.15) is 65.1 Å². The molecule has 0 saturated heterocycles. The van der Waals surface area contributed by atoms with Gasteiger partial charge in [-0.2, -0.15) is 5.10 Å². The van der Waals surface area contributed by atoms with Gasteiger partial charge >= 0.3 is 5.97 Å². The molecule has 1 aromatic carbocycles. The number of carbonyl (C=O) groups excluding carboxylic acids is 3. The first kappa shape index (κ1) is 21.1. The van der Waals surface area contributed by atoms with Crippen LogP contribution >= 0.6 is 0 Å². The topological polar surface area (TPSA) is 93.5 Å². The third-order valence-corrected chi connectivity index (χ3v) is 6.20. The Kier molecular flexibility index (Phi) is 6.06. The van der Waals surface area contributed by atoms with E-state index in [1.807, 2.05) is 22.9 Å². The first-order chi connectivity index (χ1) is 15.0. The lowest BCUT2D eigenvalue weighted by Crippen LogP contribution is -2.41. The van der Waals surface area contributed by atoms with Crippen LogP contribution in [0.2, 0.25) is 0 Å². The molecule has 2 aromatic rings. The number of carbonyl (C=O) groups is 3. The van der Waals surface area contributed by atoms with Gasteiger partial charge in [0.1, 0.15) is 5.56 Å². The summed E-state index contributed by atoms with van der Waals surface area (Å²) in [5, 5.41) is 7.46. The molecule has 1 unspecified atom stereocenters. The van der Waals surface area contributed by atoms with Crippen LogP contribution < -0.4 is 5.32 Å². The molecule has 8 heteroatoms. The summed E-state index contributed by atoms with van der Waals surface area (Å²) in [7, 11) is 1.36. The second-order valence-corrected chi connectivity index (χ2v) is 8.10. The second-order valence-electron chi connectivity index (χ2n) is 8.10. The van der Waals surface area contributed by atoms with Crippen LogP contribution in [0.15, 0.2) is 24.3 Å². The smallest absolute Gasteiger partial charge is 0.341 e. The van der Waals surface area contributed by atoms with Crippen molar-refractivity contribution in [3.8, 4) is 0 Å². The molecular weight excluding hydrogens is 396 g/mol. The molecule has 0 saturated carbocycles. The Labute approximate surface area is 181 Å². The SMILES string of the molecule is COC(=O)c1c(CNC(=O)CC2c3ccccc3CCN2C(C)=O)nn2c1CCCC2. The van der Waals surface area contributed by atoms with E-state index in [1.54, 1.807) is 4.90 Å². The van der Waals surface area contributed by atoms with Crippen LogP contribution in [0, 0.1) is 0 Å². The van der Waals surface area contributed by atoms with Gasteiger partial charge in [0, 0.05) is 20.0 Å². The number of esters is 1. The molecule has 2 aliphatic rings. The third-order valence-electron chi connectivity index (χ3n) is 6.20. The molecule has 3 heterocycles. The van der Waals surface area contributed by atoms with Crippen molar-refractivity contribution in [3.05, 3.63) is 52.3 Å². The van der Waals surface area contributed by atoms with E-state index in [4.69, 9.17) is 4.74 Å². The molecule has 31 heavy (non-hydrogen) atoms. The number of aryl methyl sites for hydroxylation is 1. The van der Waals surface area contributed by atoms with Crippen LogP contribution in [0.25, 0.3) is 0 Å². The van der Waals surface area contributed by atoms with Crippen LogP contribution in [-0.2, 0) is 40.3 Å². The number of methoxy groups -OCH3 is 1. The van der Waals surface area contributed by atoms with Gasteiger partial charge in [0.15, 0.2) is 0 Å². The summed E-state index contributed by atoms with van der Waals surface area (Å²) in [4.78, 5) is 39.1. The molecule has 164 valence electrons. The third kappa shape index (κ3) is 4.19. The van der Waals surface area contributed by atoms with Crippen LogP contribution in [0.5, 0.6) is 0 Å². The minimum absolute atomic E-state index is 0.0398. The molecule has 0 bridgehead atoms. The summed E-state index contributed by atoms with van der Waals surface area (Å²) in [6.45, 7) is 3.05. The molecule has 2 amide bonds. The van der Waals surface area contributed by atoms with Gasteiger partial charge in [0.05, 0.1) is 37.5 Å². The fourth-order valence-corrected chi connectivity index (χ4v) is 4.68. The molecule has 4 rings (SSSR count). The van der Waals surface area contributed by atoms with Crippen molar-refractivity contribution in [2.75, 3.05) is 13.7 Å². The van der Waals surface area contributed by atoms with Crippen molar-refractivity contribution in [3.63, 3.8) is 0 Å². The zero-order valence-electron chi connectivity index (χ0n) is 18.0. The summed E-state index contributed by atoms with van der Waals surface area (Å²) >= 11 is 0. The van der Waals surface area contributed by atoms with E-state index in [-0.39, 0.29) is 30.8 Å². The van der Waals surface area contributed by atoms with Gasteiger partial charge in [0.2, 0.25) is 11.8 Å². The predicted octanol–water partition coefficient (Wildman–Crippen LogP) is 2.16. The first-order valence-corrected chi connectivity index (χ1v) is 10.8. The van der Waals surface area contributed by atoms with E-state index in [2.05, 4.69) is 16.5 Å². The van der Waals surface area contributed by atoms with Crippen LogP contribution in [-0.4, -0.2) is 46.1 Å². The van der Waals surface area contributed by atoms with Crippen LogP contribution in [0.4, 0.5) is 0 Å². The molecule has 1 atom stereocenters. The number of nitrogens with one attached hydrogen (secondary N) is 1. The number of nitrogens with zero attached hydrogens (tertiary/aromatic N) is 3. The lowest BCUT2D eigenvalue weighted by atomic mass is 9.90. The zero-order chi connectivity index (χ0) is 22.0. The van der Waals surface area contributed by atoms with Crippen molar-refractivity contribution in [1.82, 2.24) is 20.0 Å². The Morgan fingerprint density at radius 1 is 1.16 bits per heavy atom. The molecule has 0 spiro atoms. The van der Waals surface area contributed by atoms with Crippen molar-refractivity contribution >= 4 is 17.8 Å². The van der Waals surface area contributed by atoms with Gasteiger partial charge in [-0.05, 0) is 36.8 Å². The summed E-state index contributed by atoms with van der Waals surface area (Å²) in [6, 6.07) is 7.66. The number of rotatable bonds is 5. The van der Waals surface area contributed by atoms with E-state index in [9.17, 15) is 14.4 Å². The molecule has 1 aromatic heterocycles. The minimum Gasteiger partial charge on any atom is -0.465 e. The number of aromatic nitrogens is 2.